The number of aliphatic carboxylic acids is 1. The number of rotatable bonds is 2. The van der Waals surface area contributed by atoms with E-state index in [2.05, 4.69) is 0 Å². The molecular weight excluding hydrogens is 226 g/mol. The fourth-order valence-corrected chi connectivity index (χ4v) is 2.47. The van der Waals surface area contributed by atoms with Crippen molar-refractivity contribution in [3.63, 3.8) is 0 Å². The van der Waals surface area contributed by atoms with Crippen LogP contribution in [0.2, 0.25) is 0 Å². The quantitative estimate of drug-likeness (QED) is 0.680. The summed E-state index contributed by atoms with van der Waals surface area (Å²) in [6.07, 6.45) is -0.397. The maximum Gasteiger partial charge on any atom is 0.326 e. The monoisotopic (exact) mass is 243 g/mol. The lowest BCUT2D eigenvalue weighted by molar-refractivity contribution is -0.153. The zero-order chi connectivity index (χ0) is 12.6. The topological polar surface area (TPSA) is 87.1 Å². The molecule has 2 aliphatic rings. The van der Waals surface area contributed by atoms with Crippen molar-refractivity contribution in [3.05, 3.63) is 0 Å². The summed E-state index contributed by atoms with van der Waals surface area (Å²) in [5, 5.41) is 18.5. The Morgan fingerprint density at radius 1 is 1.41 bits per heavy atom. The molecule has 2 aliphatic heterocycles. The van der Waals surface area contributed by atoms with Crippen molar-refractivity contribution in [2.24, 2.45) is 5.92 Å². The number of aliphatic hydroxyl groups excluding tert-OH is 1. The first kappa shape index (κ1) is 12.3. The molecule has 2 fully saturated rings. The van der Waals surface area contributed by atoms with Crippen LogP contribution >= 0.6 is 0 Å². The molecule has 0 aromatic carbocycles. The van der Waals surface area contributed by atoms with Gasteiger partial charge in [0.25, 0.3) is 5.91 Å². The van der Waals surface area contributed by atoms with Gasteiger partial charge in [-0.05, 0) is 12.3 Å². The zero-order valence-corrected chi connectivity index (χ0v) is 9.70. The van der Waals surface area contributed by atoms with E-state index in [1.807, 2.05) is 6.92 Å². The van der Waals surface area contributed by atoms with Gasteiger partial charge in [-0.15, -0.1) is 0 Å². The summed E-state index contributed by atoms with van der Waals surface area (Å²) in [5.74, 6) is -1.27. The predicted molar refractivity (Wildman–Crippen MR) is 57.3 cm³/mol. The molecule has 4 atom stereocenters. The molecule has 2 saturated heterocycles. The number of carboxylic acids is 1. The van der Waals surface area contributed by atoms with Gasteiger partial charge in [-0.25, -0.2) is 4.79 Å². The number of carboxylic acid groups (broad SMARTS) is 1. The van der Waals surface area contributed by atoms with Crippen molar-refractivity contribution in [1.82, 2.24) is 4.90 Å². The van der Waals surface area contributed by atoms with Crippen LogP contribution in [-0.4, -0.2) is 58.4 Å². The lowest BCUT2D eigenvalue weighted by Crippen LogP contribution is -2.46. The van der Waals surface area contributed by atoms with Gasteiger partial charge in [0.15, 0.2) is 0 Å². The summed E-state index contributed by atoms with van der Waals surface area (Å²) in [6, 6.07) is -0.922. The highest BCUT2D eigenvalue weighted by Gasteiger charge is 2.43. The van der Waals surface area contributed by atoms with E-state index >= 15 is 0 Å². The standard InChI is InChI=1S/C11H17NO5/c1-6-2-3-17-9(6)10(14)12-5-7(13)4-8(12)11(15)16/h6-9,13H,2-5H2,1H3,(H,15,16). The van der Waals surface area contributed by atoms with Gasteiger partial charge in [0.2, 0.25) is 0 Å². The fraction of sp³-hybridized carbons (Fsp3) is 0.818. The van der Waals surface area contributed by atoms with Crippen LogP contribution in [0.3, 0.4) is 0 Å². The summed E-state index contributed by atoms with van der Waals surface area (Å²) in [5.41, 5.74) is 0. The third-order valence-corrected chi connectivity index (χ3v) is 3.48. The summed E-state index contributed by atoms with van der Waals surface area (Å²) in [6.45, 7) is 2.53. The van der Waals surface area contributed by atoms with Crippen molar-refractivity contribution < 1.29 is 24.5 Å². The Balaban J connectivity index is 2.10. The number of hydrogen-bond acceptors (Lipinski definition) is 4. The third kappa shape index (κ3) is 2.28. The lowest BCUT2D eigenvalue weighted by atomic mass is 10.0. The lowest BCUT2D eigenvalue weighted by Gasteiger charge is -2.25. The Labute approximate surface area is 99.2 Å². The molecule has 2 N–H and O–H groups in total. The van der Waals surface area contributed by atoms with Crippen LogP contribution in [0.4, 0.5) is 0 Å². The normalized spacial score (nSPS) is 37.4. The van der Waals surface area contributed by atoms with Gasteiger partial charge in [0.1, 0.15) is 12.1 Å². The van der Waals surface area contributed by atoms with Gasteiger partial charge in [-0.1, -0.05) is 6.92 Å². The molecule has 2 rings (SSSR count). The first-order valence-electron chi connectivity index (χ1n) is 5.83. The second-order valence-corrected chi connectivity index (χ2v) is 4.79. The van der Waals surface area contributed by atoms with E-state index in [-0.39, 0.29) is 24.8 Å². The predicted octanol–water partition coefficient (Wildman–Crippen LogP) is -0.542. The Bertz CT molecular complexity index is 332. The molecule has 0 aromatic rings. The number of likely N-dealkylation sites (tertiary alicyclic amines) is 1. The molecule has 0 radical (unpaired) electrons. The highest BCUT2D eigenvalue weighted by Crippen LogP contribution is 2.26. The minimum absolute atomic E-state index is 0.0857. The van der Waals surface area contributed by atoms with Gasteiger partial charge in [0, 0.05) is 19.6 Å². The van der Waals surface area contributed by atoms with Gasteiger partial charge in [-0.2, -0.15) is 0 Å². The van der Waals surface area contributed by atoms with Crippen LogP contribution < -0.4 is 0 Å². The second kappa shape index (κ2) is 4.62. The number of nitrogens with zero attached hydrogens (tertiary/aromatic N) is 1. The molecule has 0 aromatic heterocycles. The molecule has 17 heavy (non-hydrogen) atoms. The summed E-state index contributed by atoms with van der Waals surface area (Å²) < 4.78 is 5.34. The Hall–Kier alpha value is -1.14. The minimum atomic E-state index is -1.07. The number of β-amino-alcohol motifs (C(OH)–C–C–N with tert-alkyl or cyclic N) is 1. The van der Waals surface area contributed by atoms with Gasteiger partial charge in [-0.3, -0.25) is 4.79 Å². The van der Waals surface area contributed by atoms with E-state index < -0.39 is 24.2 Å². The van der Waals surface area contributed by atoms with Gasteiger partial charge < -0.3 is 19.8 Å². The van der Waals surface area contributed by atoms with Gasteiger partial charge in [0.05, 0.1) is 6.10 Å². The van der Waals surface area contributed by atoms with Crippen LogP contribution in [0, 0.1) is 5.92 Å². The molecule has 96 valence electrons. The summed E-state index contributed by atoms with van der Waals surface area (Å²) in [7, 11) is 0. The molecule has 1 amide bonds. The number of ether oxygens (including phenoxy) is 1. The average molecular weight is 243 g/mol. The first-order chi connectivity index (χ1) is 8.00. The Kier molecular flexibility index (Phi) is 3.35. The van der Waals surface area contributed by atoms with Crippen molar-refractivity contribution in [2.45, 2.75) is 38.0 Å². The molecule has 2 heterocycles. The smallest absolute Gasteiger partial charge is 0.326 e. The number of carbonyl (C=O) groups is 2. The van der Waals surface area contributed by atoms with Crippen LogP contribution in [0.5, 0.6) is 0 Å². The molecule has 0 aliphatic carbocycles. The molecule has 0 bridgehead atoms. The molecule has 0 saturated carbocycles. The van der Waals surface area contributed by atoms with Crippen molar-refractivity contribution in [1.29, 1.82) is 0 Å². The molecule has 6 heteroatoms. The maximum atomic E-state index is 12.1. The maximum absolute atomic E-state index is 12.1. The van der Waals surface area contributed by atoms with Crippen LogP contribution in [0.15, 0.2) is 0 Å². The summed E-state index contributed by atoms with van der Waals surface area (Å²) >= 11 is 0. The number of carbonyl (C=O) groups excluding carboxylic acids is 1. The molecular formula is C11H17NO5. The van der Waals surface area contributed by atoms with E-state index in [0.717, 1.165) is 6.42 Å². The van der Waals surface area contributed by atoms with E-state index in [9.17, 15) is 14.7 Å². The fourth-order valence-electron chi connectivity index (χ4n) is 2.47. The van der Waals surface area contributed by atoms with Crippen LogP contribution in [-0.2, 0) is 14.3 Å². The molecule has 0 spiro atoms. The third-order valence-electron chi connectivity index (χ3n) is 3.48. The second-order valence-electron chi connectivity index (χ2n) is 4.79. The zero-order valence-electron chi connectivity index (χ0n) is 9.70. The largest absolute Gasteiger partial charge is 0.480 e. The van der Waals surface area contributed by atoms with Crippen molar-refractivity contribution in [3.8, 4) is 0 Å². The van der Waals surface area contributed by atoms with E-state index in [1.54, 1.807) is 0 Å². The highest BCUT2D eigenvalue weighted by molar-refractivity contribution is 5.87. The summed E-state index contributed by atoms with van der Waals surface area (Å²) in [4.78, 5) is 24.4. The highest BCUT2D eigenvalue weighted by atomic mass is 16.5. The molecule has 4 unspecified atom stereocenters. The number of aliphatic hydroxyl groups is 1. The number of hydrogen-bond donors (Lipinski definition) is 2. The Morgan fingerprint density at radius 3 is 2.65 bits per heavy atom. The Morgan fingerprint density at radius 2 is 2.12 bits per heavy atom. The van der Waals surface area contributed by atoms with E-state index in [0.29, 0.717) is 6.61 Å². The first-order valence-corrected chi connectivity index (χ1v) is 5.83. The van der Waals surface area contributed by atoms with Crippen molar-refractivity contribution >= 4 is 11.9 Å². The van der Waals surface area contributed by atoms with E-state index in [1.165, 1.54) is 4.90 Å². The van der Waals surface area contributed by atoms with Crippen LogP contribution in [0.25, 0.3) is 0 Å². The van der Waals surface area contributed by atoms with E-state index in [4.69, 9.17) is 9.84 Å². The van der Waals surface area contributed by atoms with Crippen molar-refractivity contribution in [2.75, 3.05) is 13.2 Å². The molecule has 6 nitrogen and oxygen atoms in total. The van der Waals surface area contributed by atoms with Crippen LogP contribution in [0.1, 0.15) is 19.8 Å². The SMILES string of the molecule is CC1CCOC1C(=O)N1CC(O)CC1C(=O)O. The minimum Gasteiger partial charge on any atom is -0.480 e. The van der Waals surface area contributed by atoms with Gasteiger partial charge >= 0.3 is 5.97 Å². The average Bonchev–Trinajstić information content (AvgIpc) is 2.83. The number of amides is 1.